The van der Waals surface area contributed by atoms with Gasteiger partial charge in [-0.05, 0) is 43.7 Å². The smallest absolute Gasteiger partial charge is 0.270 e. The van der Waals surface area contributed by atoms with Crippen molar-refractivity contribution in [2.75, 3.05) is 5.32 Å². The molecule has 130 valence electrons. The summed E-state index contributed by atoms with van der Waals surface area (Å²) >= 11 is 0. The van der Waals surface area contributed by atoms with Crippen LogP contribution in [-0.2, 0) is 4.79 Å². The Morgan fingerprint density at radius 2 is 1.92 bits per heavy atom. The van der Waals surface area contributed by atoms with E-state index in [4.69, 9.17) is 0 Å². The molecular weight excluding hydrogens is 329 g/mol. The number of halogens is 1. The highest BCUT2D eigenvalue weighted by molar-refractivity contribution is 6.01. The van der Waals surface area contributed by atoms with Gasteiger partial charge in [0.15, 0.2) is 0 Å². The summed E-state index contributed by atoms with van der Waals surface area (Å²) < 4.78 is 13.1. The number of nitrogens with one attached hydrogen (secondary N) is 2. The lowest BCUT2D eigenvalue weighted by atomic mass is 10.1. The van der Waals surface area contributed by atoms with Gasteiger partial charge in [0.2, 0.25) is 5.91 Å². The summed E-state index contributed by atoms with van der Waals surface area (Å²) in [6.07, 6.45) is 0. The van der Waals surface area contributed by atoms with Gasteiger partial charge in [-0.2, -0.15) is 0 Å². The number of carbonyl (C=O) groups is 2. The second kappa shape index (κ2) is 7.52. The van der Waals surface area contributed by atoms with Gasteiger partial charge in [0.25, 0.3) is 11.6 Å². The number of nitro benzene ring substituents is 1. The van der Waals surface area contributed by atoms with E-state index in [0.717, 1.165) is 6.07 Å². The van der Waals surface area contributed by atoms with Crippen LogP contribution in [0, 0.1) is 22.9 Å². The molecule has 0 aromatic heterocycles. The van der Waals surface area contributed by atoms with Crippen molar-refractivity contribution in [1.82, 2.24) is 5.32 Å². The average Bonchev–Trinajstić information content (AvgIpc) is 2.57. The molecule has 0 saturated carbocycles. The maximum atomic E-state index is 13.1. The summed E-state index contributed by atoms with van der Waals surface area (Å²) in [5, 5.41) is 15.8. The van der Waals surface area contributed by atoms with Crippen LogP contribution in [0.25, 0.3) is 0 Å². The van der Waals surface area contributed by atoms with Crippen molar-refractivity contribution < 1.29 is 18.9 Å². The molecule has 1 atom stereocenters. The molecule has 0 aliphatic carbocycles. The van der Waals surface area contributed by atoms with E-state index < -0.39 is 28.6 Å². The van der Waals surface area contributed by atoms with E-state index >= 15 is 0 Å². The molecule has 0 radical (unpaired) electrons. The Kier molecular flexibility index (Phi) is 5.43. The van der Waals surface area contributed by atoms with Crippen molar-refractivity contribution in [2.45, 2.75) is 19.9 Å². The van der Waals surface area contributed by atoms with Crippen molar-refractivity contribution in [2.24, 2.45) is 0 Å². The zero-order chi connectivity index (χ0) is 18.6. The van der Waals surface area contributed by atoms with Crippen LogP contribution in [0.1, 0.15) is 22.8 Å². The maximum absolute atomic E-state index is 13.1. The predicted molar refractivity (Wildman–Crippen MR) is 89.8 cm³/mol. The minimum Gasteiger partial charge on any atom is -0.341 e. The second-order valence-corrected chi connectivity index (χ2v) is 5.45. The van der Waals surface area contributed by atoms with Gasteiger partial charge in [-0.15, -0.1) is 0 Å². The van der Waals surface area contributed by atoms with Gasteiger partial charge < -0.3 is 10.6 Å². The molecule has 0 saturated heterocycles. The van der Waals surface area contributed by atoms with Crippen LogP contribution in [0.3, 0.4) is 0 Å². The number of anilines is 1. The molecule has 0 aliphatic rings. The fourth-order valence-corrected chi connectivity index (χ4v) is 2.11. The monoisotopic (exact) mass is 345 g/mol. The molecule has 1 unspecified atom stereocenters. The molecule has 2 amide bonds. The van der Waals surface area contributed by atoms with Gasteiger partial charge in [-0.1, -0.05) is 6.07 Å². The van der Waals surface area contributed by atoms with Crippen LogP contribution >= 0.6 is 0 Å². The molecular formula is C17H16FN3O4. The lowest BCUT2D eigenvalue weighted by Crippen LogP contribution is -2.41. The van der Waals surface area contributed by atoms with Crippen molar-refractivity contribution >= 4 is 23.2 Å². The van der Waals surface area contributed by atoms with Gasteiger partial charge in [-0.3, -0.25) is 19.7 Å². The highest BCUT2D eigenvalue weighted by Gasteiger charge is 2.19. The zero-order valence-electron chi connectivity index (χ0n) is 13.6. The first-order chi connectivity index (χ1) is 11.8. The normalized spacial score (nSPS) is 11.5. The molecule has 2 N–H and O–H groups in total. The SMILES string of the molecule is Cc1cc(F)ccc1NC(=O)C(C)NC(=O)c1cccc([N+](=O)[O-])c1. The lowest BCUT2D eigenvalue weighted by Gasteiger charge is -2.15. The van der Waals surface area contributed by atoms with Gasteiger partial charge in [0.1, 0.15) is 11.9 Å². The van der Waals surface area contributed by atoms with Crippen LogP contribution in [0.4, 0.5) is 15.8 Å². The Morgan fingerprint density at radius 1 is 1.20 bits per heavy atom. The third-order valence-electron chi connectivity index (χ3n) is 3.51. The van der Waals surface area contributed by atoms with Gasteiger partial charge in [-0.25, -0.2) is 4.39 Å². The van der Waals surface area contributed by atoms with Gasteiger partial charge >= 0.3 is 0 Å². The fraction of sp³-hybridized carbons (Fsp3) is 0.176. The molecule has 2 rings (SSSR count). The first-order valence-electron chi connectivity index (χ1n) is 7.40. The Morgan fingerprint density at radius 3 is 2.56 bits per heavy atom. The topological polar surface area (TPSA) is 101 Å². The van der Waals surface area contributed by atoms with Crippen LogP contribution in [-0.4, -0.2) is 22.8 Å². The molecule has 0 bridgehead atoms. The second-order valence-electron chi connectivity index (χ2n) is 5.45. The third kappa shape index (κ3) is 4.60. The van der Waals surface area contributed by atoms with Crippen molar-refractivity contribution in [3.63, 3.8) is 0 Å². The summed E-state index contributed by atoms with van der Waals surface area (Å²) in [6, 6.07) is 8.23. The molecule has 0 spiro atoms. The highest BCUT2D eigenvalue weighted by Crippen LogP contribution is 2.16. The zero-order valence-corrected chi connectivity index (χ0v) is 13.6. The number of rotatable bonds is 5. The Balaban J connectivity index is 2.04. The van der Waals surface area contributed by atoms with E-state index in [1.165, 1.54) is 43.3 Å². The molecule has 7 nitrogen and oxygen atoms in total. The van der Waals surface area contributed by atoms with Crippen LogP contribution in [0.5, 0.6) is 0 Å². The number of hydrogen-bond donors (Lipinski definition) is 2. The summed E-state index contributed by atoms with van der Waals surface area (Å²) in [4.78, 5) is 34.4. The van der Waals surface area contributed by atoms with Crippen LogP contribution in [0.15, 0.2) is 42.5 Å². The highest BCUT2D eigenvalue weighted by atomic mass is 19.1. The number of nitrogens with zero attached hydrogens (tertiary/aromatic N) is 1. The number of hydrogen-bond acceptors (Lipinski definition) is 4. The number of carbonyl (C=O) groups excluding carboxylic acids is 2. The van der Waals surface area contributed by atoms with E-state index in [-0.39, 0.29) is 11.3 Å². The van der Waals surface area contributed by atoms with E-state index in [2.05, 4.69) is 10.6 Å². The Bertz CT molecular complexity index is 838. The maximum Gasteiger partial charge on any atom is 0.270 e. The van der Waals surface area contributed by atoms with E-state index in [1.54, 1.807) is 6.92 Å². The number of nitro groups is 1. The lowest BCUT2D eigenvalue weighted by molar-refractivity contribution is -0.384. The van der Waals surface area contributed by atoms with E-state index in [0.29, 0.717) is 11.3 Å². The molecule has 25 heavy (non-hydrogen) atoms. The number of amides is 2. The Hall–Kier alpha value is -3.29. The first-order valence-corrected chi connectivity index (χ1v) is 7.40. The molecule has 0 aliphatic heterocycles. The van der Waals surface area contributed by atoms with E-state index in [9.17, 15) is 24.1 Å². The quantitative estimate of drug-likeness (QED) is 0.642. The summed E-state index contributed by atoms with van der Waals surface area (Å²) in [5.41, 5.74) is 0.840. The summed E-state index contributed by atoms with van der Waals surface area (Å²) in [5.74, 6) is -1.52. The Labute approximate surface area is 143 Å². The molecule has 2 aromatic rings. The molecule has 2 aromatic carbocycles. The number of aryl methyl sites for hydroxylation is 1. The van der Waals surface area contributed by atoms with Gasteiger partial charge in [0.05, 0.1) is 4.92 Å². The van der Waals surface area contributed by atoms with Crippen LogP contribution < -0.4 is 10.6 Å². The minimum absolute atomic E-state index is 0.0758. The van der Waals surface area contributed by atoms with Gasteiger partial charge in [0, 0.05) is 23.4 Å². The van der Waals surface area contributed by atoms with E-state index in [1.807, 2.05) is 0 Å². The molecule has 0 fully saturated rings. The predicted octanol–water partition coefficient (Wildman–Crippen LogP) is 2.80. The number of non-ortho nitro benzene ring substituents is 1. The first kappa shape index (κ1) is 18.1. The van der Waals surface area contributed by atoms with Crippen molar-refractivity contribution in [3.05, 3.63) is 69.5 Å². The average molecular weight is 345 g/mol. The minimum atomic E-state index is -0.892. The van der Waals surface area contributed by atoms with Crippen LogP contribution in [0.2, 0.25) is 0 Å². The third-order valence-corrected chi connectivity index (χ3v) is 3.51. The number of benzene rings is 2. The molecule has 8 heteroatoms. The largest absolute Gasteiger partial charge is 0.341 e. The van der Waals surface area contributed by atoms with Crippen molar-refractivity contribution in [1.29, 1.82) is 0 Å². The summed E-state index contributed by atoms with van der Waals surface area (Å²) in [6.45, 7) is 3.12. The molecule has 0 heterocycles. The fourth-order valence-electron chi connectivity index (χ4n) is 2.11. The van der Waals surface area contributed by atoms with Crippen molar-refractivity contribution in [3.8, 4) is 0 Å². The summed E-state index contributed by atoms with van der Waals surface area (Å²) in [7, 11) is 0. The standard InChI is InChI=1S/C17H16FN3O4/c1-10-8-13(18)6-7-15(10)20-16(22)11(2)19-17(23)12-4-3-5-14(9-12)21(24)25/h3-9,11H,1-2H3,(H,19,23)(H,20,22).